The second kappa shape index (κ2) is 9.33. The molecule has 0 bridgehead atoms. The molecule has 188 valence electrons. The Labute approximate surface area is 219 Å². The number of para-hydroxylation sites is 1. The zero-order valence-electron chi connectivity index (χ0n) is 20.9. The number of H-pyrrole nitrogens is 1. The van der Waals surface area contributed by atoms with Crippen molar-refractivity contribution in [1.29, 1.82) is 0 Å². The van der Waals surface area contributed by atoms with Crippen LogP contribution in [-0.4, -0.2) is 43.0 Å². The lowest BCUT2D eigenvalue weighted by Crippen LogP contribution is -2.29. The van der Waals surface area contributed by atoms with E-state index in [1.54, 1.807) is 30.5 Å². The molecule has 0 saturated carbocycles. The van der Waals surface area contributed by atoms with Crippen LogP contribution in [0.3, 0.4) is 0 Å². The van der Waals surface area contributed by atoms with Crippen LogP contribution in [0.2, 0.25) is 5.02 Å². The molecular formula is C29H26ClN3O4. The Balaban J connectivity index is 1.79. The third kappa shape index (κ3) is 4.01. The summed E-state index contributed by atoms with van der Waals surface area (Å²) in [6, 6.07) is 17.5. The van der Waals surface area contributed by atoms with Crippen LogP contribution in [-0.2, 0) is 9.59 Å². The van der Waals surface area contributed by atoms with E-state index in [-0.39, 0.29) is 22.6 Å². The number of aromatic nitrogens is 1. The molecule has 37 heavy (non-hydrogen) atoms. The van der Waals surface area contributed by atoms with Crippen molar-refractivity contribution >= 4 is 51.3 Å². The van der Waals surface area contributed by atoms with Crippen molar-refractivity contribution in [1.82, 2.24) is 4.98 Å². The molecule has 2 N–H and O–H groups in total. The van der Waals surface area contributed by atoms with Gasteiger partial charge in [-0.15, -0.1) is 0 Å². The lowest BCUT2D eigenvalue weighted by Gasteiger charge is -2.26. The predicted molar refractivity (Wildman–Crippen MR) is 147 cm³/mol. The Hall–Kier alpha value is -4.23. The first-order valence-electron chi connectivity index (χ1n) is 11.7. The first kappa shape index (κ1) is 24.5. The maximum absolute atomic E-state index is 13.6. The number of aromatic amines is 1. The molecule has 1 aliphatic rings. The SMILES string of the molecule is COc1c(Cl)cc(C)cc1/C(O)=C1\C(=O)C(=O)N(c2ccc(N(C)C)cc2)C1c1c[nH]c2ccccc12. The Morgan fingerprint density at radius 3 is 2.46 bits per heavy atom. The molecule has 1 saturated heterocycles. The molecule has 1 unspecified atom stereocenters. The smallest absolute Gasteiger partial charge is 0.300 e. The van der Waals surface area contributed by atoms with Crippen LogP contribution in [0.15, 0.2) is 72.4 Å². The van der Waals surface area contributed by atoms with E-state index in [4.69, 9.17) is 16.3 Å². The van der Waals surface area contributed by atoms with E-state index in [0.717, 1.165) is 22.2 Å². The highest BCUT2D eigenvalue weighted by Gasteiger charge is 2.48. The molecule has 5 rings (SSSR count). The summed E-state index contributed by atoms with van der Waals surface area (Å²) in [4.78, 5) is 33.8. The van der Waals surface area contributed by atoms with Gasteiger partial charge < -0.3 is 19.7 Å². The number of methoxy groups -OCH3 is 1. The van der Waals surface area contributed by atoms with Crippen molar-refractivity contribution < 1.29 is 19.4 Å². The zero-order valence-corrected chi connectivity index (χ0v) is 21.6. The predicted octanol–water partition coefficient (Wildman–Crippen LogP) is 5.83. The second-order valence-corrected chi connectivity index (χ2v) is 9.60. The summed E-state index contributed by atoms with van der Waals surface area (Å²) in [5.74, 6) is -1.64. The molecule has 1 aromatic heterocycles. The monoisotopic (exact) mass is 515 g/mol. The van der Waals surface area contributed by atoms with Gasteiger partial charge in [0.25, 0.3) is 11.7 Å². The van der Waals surface area contributed by atoms with E-state index >= 15 is 0 Å². The molecule has 0 radical (unpaired) electrons. The average Bonchev–Trinajstić information content (AvgIpc) is 3.41. The summed E-state index contributed by atoms with van der Waals surface area (Å²) in [6.07, 6.45) is 1.77. The molecule has 1 amide bonds. The number of hydrogen-bond acceptors (Lipinski definition) is 5. The minimum absolute atomic E-state index is 0.0357. The first-order valence-corrected chi connectivity index (χ1v) is 12.1. The summed E-state index contributed by atoms with van der Waals surface area (Å²) < 4.78 is 5.47. The second-order valence-electron chi connectivity index (χ2n) is 9.20. The fourth-order valence-corrected chi connectivity index (χ4v) is 5.23. The Morgan fingerprint density at radius 2 is 1.78 bits per heavy atom. The first-order chi connectivity index (χ1) is 17.7. The number of carbonyl (C=O) groups is 2. The summed E-state index contributed by atoms with van der Waals surface area (Å²) in [6.45, 7) is 1.82. The van der Waals surface area contributed by atoms with Gasteiger partial charge in [-0.25, -0.2) is 0 Å². The number of hydrogen-bond donors (Lipinski definition) is 2. The van der Waals surface area contributed by atoms with Gasteiger partial charge in [0.1, 0.15) is 11.5 Å². The summed E-state index contributed by atoms with van der Waals surface area (Å²) in [7, 11) is 5.29. The van der Waals surface area contributed by atoms with Gasteiger partial charge >= 0.3 is 0 Å². The molecule has 8 heteroatoms. The van der Waals surface area contributed by atoms with Crippen LogP contribution < -0.4 is 14.5 Å². The molecule has 0 spiro atoms. The topological polar surface area (TPSA) is 85.9 Å². The molecule has 1 fully saturated rings. The number of aryl methyl sites for hydroxylation is 1. The number of aliphatic hydroxyl groups excluding tert-OH is 1. The largest absolute Gasteiger partial charge is 0.507 e. The van der Waals surface area contributed by atoms with E-state index in [0.29, 0.717) is 16.3 Å². The van der Waals surface area contributed by atoms with Crippen LogP contribution >= 0.6 is 11.6 Å². The molecule has 1 aliphatic heterocycles. The van der Waals surface area contributed by atoms with Gasteiger partial charge in [0.05, 0.1) is 29.3 Å². The maximum atomic E-state index is 13.6. The number of ketones is 1. The Kier molecular flexibility index (Phi) is 6.17. The molecule has 7 nitrogen and oxygen atoms in total. The highest BCUT2D eigenvalue weighted by atomic mass is 35.5. The highest BCUT2D eigenvalue weighted by molar-refractivity contribution is 6.52. The zero-order chi connectivity index (χ0) is 26.4. The van der Waals surface area contributed by atoms with Crippen molar-refractivity contribution in [2.75, 3.05) is 31.0 Å². The van der Waals surface area contributed by atoms with Gasteiger partial charge in [0.2, 0.25) is 0 Å². The van der Waals surface area contributed by atoms with Gasteiger partial charge in [0, 0.05) is 48.1 Å². The number of nitrogens with one attached hydrogen (secondary N) is 1. The van der Waals surface area contributed by atoms with Gasteiger partial charge in [-0.2, -0.15) is 0 Å². The van der Waals surface area contributed by atoms with Crippen LogP contribution in [0.4, 0.5) is 11.4 Å². The van der Waals surface area contributed by atoms with Crippen molar-refractivity contribution in [3.63, 3.8) is 0 Å². The minimum Gasteiger partial charge on any atom is -0.507 e. The Morgan fingerprint density at radius 1 is 1.08 bits per heavy atom. The standard InChI is InChI=1S/C29H26ClN3O4/c1-16-13-20(28(37-4)22(30)14-16)26(34)24-25(21-15-31-23-8-6-5-7-19(21)23)33(29(36)27(24)35)18-11-9-17(10-12-18)32(2)3/h5-15,25,31,34H,1-4H3/b26-24+. The van der Waals surface area contributed by atoms with Crippen molar-refractivity contribution in [3.8, 4) is 5.75 Å². The number of halogens is 1. The number of anilines is 2. The van der Waals surface area contributed by atoms with Crippen molar-refractivity contribution in [2.24, 2.45) is 0 Å². The number of benzene rings is 3. The fourth-order valence-electron chi connectivity index (χ4n) is 4.88. The lowest BCUT2D eigenvalue weighted by atomic mass is 9.94. The van der Waals surface area contributed by atoms with Gasteiger partial charge in [-0.1, -0.05) is 29.8 Å². The molecule has 2 heterocycles. The third-order valence-corrected chi connectivity index (χ3v) is 6.93. The number of amides is 1. The van der Waals surface area contributed by atoms with Crippen molar-refractivity contribution in [2.45, 2.75) is 13.0 Å². The maximum Gasteiger partial charge on any atom is 0.300 e. The molecule has 1 atom stereocenters. The molecular weight excluding hydrogens is 490 g/mol. The number of carbonyl (C=O) groups excluding carboxylic acids is 2. The normalized spacial score (nSPS) is 17.0. The number of rotatable bonds is 5. The average molecular weight is 516 g/mol. The number of aliphatic hydroxyl groups is 1. The Bertz CT molecular complexity index is 1570. The van der Waals surface area contributed by atoms with Crippen molar-refractivity contribution in [3.05, 3.63) is 94.1 Å². The number of nitrogens with zero attached hydrogens (tertiary/aromatic N) is 2. The van der Waals surface area contributed by atoms with Crippen LogP contribution in [0.5, 0.6) is 5.75 Å². The third-order valence-electron chi connectivity index (χ3n) is 6.65. The van der Waals surface area contributed by atoms with Crippen LogP contribution in [0.25, 0.3) is 16.7 Å². The van der Waals surface area contributed by atoms with Gasteiger partial charge in [-0.05, 0) is 55.0 Å². The molecule has 0 aliphatic carbocycles. The van der Waals surface area contributed by atoms with E-state index in [9.17, 15) is 14.7 Å². The minimum atomic E-state index is -0.884. The molecule has 3 aromatic carbocycles. The summed E-state index contributed by atoms with van der Waals surface area (Å²) >= 11 is 6.40. The summed E-state index contributed by atoms with van der Waals surface area (Å²) in [5, 5.41) is 12.7. The number of ether oxygens (including phenoxy) is 1. The van der Waals surface area contributed by atoms with Crippen LogP contribution in [0.1, 0.15) is 22.7 Å². The van der Waals surface area contributed by atoms with E-state index in [1.165, 1.54) is 12.0 Å². The van der Waals surface area contributed by atoms with Gasteiger partial charge in [0.15, 0.2) is 0 Å². The van der Waals surface area contributed by atoms with E-state index in [2.05, 4.69) is 4.98 Å². The number of Topliss-reactive ketones (excluding diaryl/α,β-unsaturated/α-hetero) is 1. The van der Waals surface area contributed by atoms with Crippen LogP contribution in [0, 0.1) is 6.92 Å². The number of fused-ring (bicyclic) bond motifs is 1. The molecule has 4 aromatic rings. The summed E-state index contributed by atoms with van der Waals surface area (Å²) in [5.41, 5.74) is 4.00. The van der Waals surface area contributed by atoms with E-state index < -0.39 is 17.7 Å². The highest BCUT2D eigenvalue weighted by Crippen LogP contribution is 2.46. The van der Waals surface area contributed by atoms with E-state index in [1.807, 2.05) is 62.3 Å². The fraction of sp³-hybridized carbons (Fsp3) is 0.172. The quantitative estimate of drug-likeness (QED) is 0.198. The lowest BCUT2D eigenvalue weighted by molar-refractivity contribution is -0.132. The van der Waals surface area contributed by atoms with Gasteiger partial charge in [-0.3, -0.25) is 14.5 Å².